The molecule has 1 aliphatic rings. The summed E-state index contributed by atoms with van der Waals surface area (Å²) in [4.78, 5) is 36.9. The minimum Gasteiger partial charge on any atom is -0.550 e. The van der Waals surface area contributed by atoms with Crippen LogP contribution in [0, 0.1) is 18.8 Å². The summed E-state index contributed by atoms with van der Waals surface area (Å²) >= 11 is 1.22. The highest BCUT2D eigenvalue weighted by Gasteiger charge is 2.31. The molecule has 1 N–H and O–H groups in total. The standard InChI is InChI=1S/C22H23NO5S/c1-3-28-22(27)18-17(14-8-6-7-13(2)11-14)12-29-20(18)23-19(24)15-9-4-5-10-16(15)21(25)26/h4-8,11-12,15-16H,3,9-10H2,1-2H3,(H,23,24)(H,25,26)/p-1. The molecule has 0 saturated carbocycles. The molecule has 1 aromatic carbocycles. The van der Waals surface area contributed by atoms with Gasteiger partial charge in [-0.25, -0.2) is 4.79 Å². The molecule has 2 unspecified atom stereocenters. The lowest BCUT2D eigenvalue weighted by molar-refractivity contribution is -0.313. The van der Waals surface area contributed by atoms with Crippen molar-refractivity contribution in [2.75, 3.05) is 11.9 Å². The summed E-state index contributed by atoms with van der Waals surface area (Å²) in [6.45, 7) is 3.88. The van der Waals surface area contributed by atoms with E-state index in [1.165, 1.54) is 11.3 Å². The van der Waals surface area contributed by atoms with E-state index < -0.39 is 29.7 Å². The van der Waals surface area contributed by atoms with Gasteiger partial charge in [-0.3, -0.25) is 4.79 Å². The number of esters is 1. The molecule has 2 aromatic rings. The molecule has 29 heavy (non-hydrogen) atoms. The Bertz CT molecular complexity index is 962. The number of benzene rings is 1. The molecule has 0 spiro atoms. The number of aryl methyl sites for hydroxylation is 1. The van der Waals surface area contributed by atoms with Crippen LogP contribution in [0.1, 0.15) is 35.7 Å². The van der Waals surface area contributed by atoms with Gasteiger partial charge in [-0.15, -0.1) is 11.3 Å². The van der Waals surface area contributed by atoms with Gasteiger partial charge in [0.1, 0.15) is 10.6 Å². The van der Waals surface area contributed by atoms with Gasteiger partial charge in [0, 0.05) is 22.8 Å². The first kappa shape index (κ1) is 20.8. The molecule has 0 radical (unpaired) electrons. The molecule has 0 aliphatic heterocycles. The minimum absolute atomic E-state index is 0.204. The van der Waals surface area contributed by atoms with Gasteiger partial charge < -0.3 is 20.0 Å². The van der Waals surface area contributed by atoms with Gasteiger partial charge >= 0.3 is 5.97 Å². The van der Waals surface area contributed by atoms with E-state index in [4.69, 9.17) is 4.74 Å². The predicted octanol–water partition coefficient (Wildman–Crippen LogP) is 3.17. The van der Waals surface area contributed by atoms with Crippen LogP contribution in [0.15, 0.2) is 41.8 Å². The number of aliphatic carboxylic acids is 1. The SMILES string of the molecule is CCOC(=O)c1c(-c2cccc(C)c2)csc1NC(=O)C1CC=CCC1C(=O)[O-]. The zero-order valence-corrected chi connectivity index (χ0v) is 17.1. The average molecular weight is 412 g/mol. The molecule has 7 heteroatoms. The Labute approximate surface area is 173 Å². The maximum absolute atomic E-state index is 12.8. The summed E-state index contributed by atoms with van der Waals surface area (Å²) in [5, 5.41) is 16.3. The number of nitrogens with one attached hydrogen (secondary N) is 1. The number of thiophene rings is 1. The lowest BCUT2D eigenvalue weighted by atomic mass is 9.82. The van der Waals surface area contributed by atoms with Crippen LogP contribution in [0.4, 0.5) is 5.00 Å². The van der Waals surface area contributed by atoms with Gasteiger partial charge in [-0.1, -0.05) is 42.0 Å². The van der Waals surface area contributed by atoms with Crippen LogP contribution >= 0.6 is 11.3 Å². The molecule has 0 bridgehead atoms. The van der Waals surface area contributed by atoms with Crippen LogP contribution < -0.4 is 10.4 Å². The van der Waals surface area contributed by atoms with Gasteiger partial charge in [-0.2, -0.15) is 0 Å². The summed E-state index contributed by atoms with van der Waals surface area (Å²) < 4.78 is 5.21. The van der Waals surface area contributed by atoms with Gasteiger partial charge in [0.05, 0.1) is 12.5 Å². The first-order valence-corrected chi connectivity index (χ1v) is 10.3. The van der Waals surface area contributed by atoms with E-state index >= 15 is 0 Å². The van der Waals surface area contributed by atoms with Crippen molar-refractivity contribution < 1.29 is 24.2 Å². The molecule has 3 rings (SSSR count). The van der Waals surface area contributed by atoms with Gasteiger partial charge in [-0.05, 0) is 32.3 Å². The zero-order chi connectivity index (χ0) is 21.0. The van der Waals surface area contributed by atoms with Crippen molar-refractivity contribution in [2.24, 2.45) is 11.8 Å². The van der Waals surface area contributed by atoms with Gasteiger partial charge in [0.25, 0.3) is 0 Å². The number of hydrogen-bond acceptors (Lipinski definition) is 6. The average Bonchev–Trinajstić information content (AvgIpc) is 3.11. The molecular formula is C22H22NO5S-. The van der Waals surface area contributed by atoms with E-state index in [0.29, 0.717) is 17.0 Å². The van der Waals surface area contributed by atoms with Crippen molar-refractivity contribution in [2.45, 2.75) is 26.7 Å². The summed E-state index contributed by atoms with van der Waals surface area (Å²) in [6.07, 6.45) is 4.11. The van der Waals surface area contributed by atoms with Crippen molar-refractivity contribution >= 4 is 34.2 Å². The minimum atomic E-state index is -1.24. The van der Waals surface area contributed by atoms with E-state index in [-0.39, 0.29) is 18.6 Å². The Kier molecular flexibility index (Phi) is 6.49. The number of anilines is 1. The van der Waals surface area contributed by atoms with Crippen LogP contribution in [0.5, 0.6) is 0 Å². The van der Waals surface area contributed by atoms with Crippen LogP contribution in [-0.4, -0.2) is 24.5 Å². The summed E-state index contributed by atoms with van der Waals surface area (Å²) in [5.41, 5.74) is 2.84. The Morgan fingerprint density at radius 3 is 2.59 bits per heavy atom. The maximum atomic E-state index is 12.8. The normalized spacial score (nSPS) is 18.3. The molecule has 1 aliphatic carbocycles. The van der Waals surface area contributed by atoms with Crippen LogP contribution in [0.3, 0.4) is 0 Å². The van der Waals surface area contributed by atoms with Crippen molar-refractivity contribution in [1.29, 1.82) is 0 Å². The second kappa shape index (κ2) is 9.05. The molecule has 2 atom stereocenters. The smallest absolute Gasteiger partial charge is 0.341 e. The van der Waals surface area contributed by atoms with E-state index in [9.17, 15) is 19.5 Å². The number of carbonyl (C=O) groups is 3. The van der Waals surface area contributed by atoms with E-state index in [0.717, 1.165) is 11.1 Å². The van der Waals surface area contributed by atoms with Gasteiger partial charge in [0.15, 0.2) is 0 Å². The highest BCUT2D eigenvalue weighted by Crippen LogP contribution is 2.37. The summed E-state index contributed by atoms with van der Waals surface area (Å²) in [6, 6.07) is 7.70. The molecule has 152 valence electrons. The third-order valence-corrected chi connectivity index (χ3v) is 5.80. The highest BCUT2D eigenvalue weighted by molar-refractivity contribution is 7.15. The quantitative estimate of drug-likeness (QED) is 0.581. The molecule has 1 amide bonds. The van der Waals surface area contributed by atoms with Crippen molar-refractivity contribution in [3.8, 4) is 11.1 Å². The van der Waals surface area contributed by atoms with Crippen LogP contribution in [0.25, 0.3) is 11.1 Å². The number of allylic oxidation sites excluding steroid dienone is 2. The highest BCUT2D eigenvalue weighted by atomic mass is 32.1. The molecule has 6 nitrogen and oxygen atoms in total. The predicted molar refractivity (Wildman–Crippen MR) is 109 cm³/mol. The van der Waals surface area contributed by atoms with E-state index in [1.54, 1.807) is 24.5 Å². The monoisotopic (exact) mass is 412 g/mol. The van der Waals surface area contributed by atoms with Crippen molar-refractivity contribution in [1.82, 2.24) is 0 Å². The second-order valence-electron chi connectivity index (χ2n) is 6.91. The fourth-order valence-corrected chi connectivity index (χ4v) is 4.41. The molecular weight excluding hydrogens is 390 g/mol. The number of hydrogen-bond donors (Lipinski definition) is 1. The number of carbonyl (C=O) groups excluding carboxylic acids is 3. The lowest BCUT2D eigenvalue weighted by Gasteiger charge is -2.28. The van der Waals surface area contributed by atoms with Crippen LogP contribution in [-0.2, 0) is 14.3 Å². The van der Waals surface area contributed by atoms with E-state index in [2.05, 4.69) is 5.32 Å². The van der Waals surface area contributed by atoms with E-state index in [1.807, 2.05) is 31.2 Å². The number of ether oxygens (including phenoxy) is 1. The first-order valence-electron chi connectivity index (χ1n) is 9.44. The zero-order valence-electron chi connectivity index (χ0n) is 16.3. The number of carboxylic acid groups (broad SMARTS) is 1. The first-order chi connectivity index (χ1) is 13.9. The fraction of sp³-hybridized carbons (Fsp3) is 0.318. The molecule has 1 aromatic heterocycles. The van der Waals surface area contributed by atoms with Crippen molar-refractivity contribution in [3.63, 3.8) is 0 Å². The Hall–Kier alpha value is -2.93. The third-order valence-electron chi connectivity index (χ3n) is 4.91. The third kappa shape index (κ3) is 4.56. The molecule has 0 saturated heterocycles. The molecule has 1 heterocycles. The van der Waals surface area contributed by atoms with Crippen molar-refractivity contribution in [3.05, 3.63) is 52.9 Å². The fourth-order valence-electron chi connectivity index (χ4n) is 3.45. The maximum Gasteiger partial charge on any atom is 0.341 e. The summed E-state index contributed by atoms with van der Waals surface area (Å²) in [7, 11) is 0. The summed E-state index contributed by atoms with van der Waals surface area (Å²) in [5.74, 6) is -3.84. The number of rotatable bonds is 6. The lowest BCUT2D eigenvalue weighted by Crippen LogP contribution is -2.41. The van der Waals surface area contributed by atoms with Crippen LogP contribution in [0.2, 0.25) is 0 Å². The number of amides is 1. The Morgan fingerprint density at radius 2 is 1.93 bits per heavy atom. The number of carboxylic acids is 1. The van der Waals surface area contributed by atoms with Gasteiger partial charge in [0.2, 0.25) is 5.91 Å². The Morgan fingerprint density at radius 1 is 1.21 bits per heavy atom. The molecule has 0 fully saturated rings. The topological polar surface area (TPSA) is 95.5 Å². The second-order valence-corrected chi connectivity index (χ2v) is 7.79. The Balaban J connectivity index is 1.94. The largest absolute Gasteiger partial charge is 0.550 e.